The van der Waals surface area contributed by atoms with Crippen molar-refractivity contribution < 1.29 is 28.9 Å². The van der Waals surface area contributed by atoms with E-state index in [0.717, 1.165) is 17.1 Å². The van der Waals surface area contributed by atoms with Crippen molar-refractivity contribution in [3.8, 4) is 0 Å². The Bertz CT molecular complexity index is 870. The maximum absolute atomic E-state index is 12.3. The number of aliphatic hydroxyl groups is 1. The van der Waals surface area contributed by atoms with E-state index in [1.807, 2.05) is 36.5 Å². The van der Waals surface area contributed by atoms with Gasteiger partial charge in [0.05, 0.1) is 22.5 Å². The van der Waals surface area contributed by atoms with Gasteiger partial charge in [0.15, 0.2) is 5.79 Å². The minimum atomic E-state index is -1.32. The summed E-state index contributed by atoms with van der Waals surface area (Å²) in [6, 6.07) is 0. The van der Waals surface area contributed by atoms with Crippen LogP contribution in [-0.4, -0.2) is 57.2 Å². The van der Waals surface area contributed by atoms with Crippen LogP contribution < -0.4 is 0 Å². The molecule has 170 valence electrons. The molecule has 1 N–H and O–H groups in total. The van der Waals surface area contributed by atoms with Crippen molar-refractivity contribution in [3.63, 3.8) is 0 Å². The van der Waals surface area contributed by atoms with Crippen LogP contribution in [0, 0.1) is 28.6 Å². The molecule has 0 aromatic carbocycles. The number of thioether (sulfide) groups is 2. The first kappa shape index (κ1) is 20.9. The van der Waals surface area contributed by atoms with Crippen molar-refractivity contribution in [3.05, 3.63) is 11.6 Å². The molecule has 2 saturated carbocycles. The highest BCUT2D eigenvalue weighted by Gasteiger charge is 2.82. The van der Waals surface area contributed by atoms with Crippen LogP contribution in [-0.2, 0) is 23.8 Å². The number of carbonyl (C=O) groups is 2. The lowest BCUT2D eigenvalue weighted by atomic mass is 9.42. The van der Waals surface area contributed by atoms with E-state index >= 15 is 0 Å². The molecular formula is C23H30O6S2. The van der Waals surface area contributed by atoms with Crippen molar-refractivity contribution in [2.24, 2.45) is 28.6 Å². The fraction of sp³-hybridized carbons (Fsp3) is 0.826. The van der Waals surface area contributed by atoms with Crippen molar-refractivity contribution in [1.82, 2.24) is 0 Å². The molecule has 4 saturated heterocycles. The molecule has 3 aliphatic carbocycles. The predicted octanol–water partition coefficient (Wildman–Crippen LogP) is 3.13. The zero-order valence-electron chi connectivity index (χ0n) is 18.2. The standard InChI is InChI=1S/C23H30O6S2/c1-11-7-15(27-12(2)24)14-9-23(26)22(20-30-5-4-6-31-20)10-16-13(8-17(25)28-16)18(22)21(14,3)19(11)29-23/h7,13-16,18-20,26H,4-6,8-10H2,1-3H3/t13-,14+,15+,16-,18-,19-,21-,22-,23+/m0/s1. The minimum Gasteiger partial charge on any atom is -0.462 e. The Balaban J connectivity index is 1.53. The number of esters is 2. The van der Waals surface area contributed by atoms with Crippen LogP contribution in [0.2, 0.25) is 0 Å². The monoisotopic (exact) mass is 466 g/mol. The molecule has 0 unspecified atom stereocenters. The summed E-state index contributed by atoms with van der Waals surface area (Å²) in [6.07, 6.45) is 3.91. The van der Waals surface area contributed by atoms with Crippen LogP contribution in [0.15, 0.2) is 11.6 Å². The third kappa shape index (κ3) is 2.51. The number of carbonyl (C=O) groups excluding carboxylic acids is 2. The highest BCUT2D eigenvalue weighted by molar-refractivity contribution is 8.17. The molecule has 6 nitrogen and oxygen atoms in total. The van der Waals surface area contributed by atoms with Gasteiger partial charge in [0.25, 0.3) is 0 Å². The second-order valence-corrected chi connectivity index (χ2v) is 13.2. The lowest BCUT2D eigenvalue weighted by Gasteiger charge is -2.72. The Hall–Kier alpha value is -0.700. The fourth-order valence-corrected chi connectivity index (χ4v) is 11.9. The summed E-state index contributed by atoms with van der Waals surface area (Å²) in [6.45, 7) is 5.72. The molecule has 7 rings (SSSR count). The quantitative estimate of drug-likeness (QED) is 0.491. The van der Waals surface area contributed by atoms with Gasteiger partial charge >= 0.3 is 11.9 Å². The maximum atomic E-state index is 12.3. The van der Waals surface area contributed by atoms with E-state index in [1.165, 1.54) is 13.3 Å². The van der Waals surface area contributed by atoms with E-state index < -0.39 is 11.2 Å². The first-order chi connectivity index (χ1) is 14.7. The number of hydrogen-bond acceptors (Lipinski definition) is 8. The van der Waals surface area contributed by atoms with Gasteiger partial charge in [0.2, 0.25) is 0 Å². The summed E-state index contributed by atoms with van der Waals surface area (Å²) >= 11 is 3.87. The Morgan fingerprint density at radius 2 is 2.03 bits per heavy atom. The first-order valence-corrected chi connectivity index (χ1v) is 13.5. The largest absolute Gasteiger partial charge is 0.462 e. The van der Waals surface area contributed by atoms with Crippen LogP contribution in [0.4, 0.5) is 0 Å². The van der Waals surface area contributed by atoms with Crippen molar-refractivity contribution in [1.29, 1.82) is 0 Å². The summed E-state index contributed by atoms with van der Waals surface area (Å²) in [4.78, 5) is 24.2. The molecule has 9 atom stereocenters. The minimum absolute atomic E-state index is 0.0463. The molecule has 0 amide bonds. The van der Waals surface area contributed by atoms with E-state index in [9.17, 15) is 14.7 Å². The van der Waals surface area contributed by atoms with E-state index in [-0.39, 0.29) is 58.0 Å². The zero-order chi connectivity index (χ0) is 21.8. The van der Waals surface area contributed by atoms with E-state index in [1.54, 1.807) is 0 Å². The fourth-order valence-electron chi connectivity index (χ4n) is 8.23. The third-order valence-electron chi connectivity index (χ3n) is 9.04. The van der Waals surface area contributed by atoms with Gasteiger partial charge in [-0.3, -0.25) is 9.59 Å². The van der Waals surface area contributed by atoms with Gasteiger partial charge in [0, 0.05) is 30.6 Å². The summed E-state index contributed by atoms with van der Waals surface area (Å²) in [7, 11) is 0. The average Bonchev–Trinajstić information content (AvgIpc) is 3.22. The van der Waals surface area contributed by atoms with Crippen LogP contribution in [0.3, 0.4) is 0 Å². The molecule has 4 aliphatic heterocycles. The molecule has 6 fully saturated rings. The molecule has 7 aliphatic rings. The molecular weight excluding hydrogens is 436 g/mol. The van der Waals surface area contributed by atoms with Crippen LogP contribution >= 0.6 is 23.5 Å². The lowest BCUT2D eigenvalue weighted by Crippen LogP contribution is -2.77. The summed E-state index contributed by atoms with van der Waals surface area (Å²) in [5, 5.41) is 12.3. The maximum Gasteiger partial charge on any atom is 0.306 e. The third-order valence-corrected chi connectivity index (χ3v) is 12.4. The van der Waals surface area contributed by atoms with Crippen molar-refractivity contribution >= 4 is 35.5 Å². The number of rotatable bonds is 2. The highest BCUT2D eigenvalue weighted by Crippen LogP contribution is 2.78. The molecule has 8 heteroatoms. The molecule has 0 aromatic heterocycles. The average molecular weight is 467 g/mol. The van der Waals surface area contributed by atoms with E-state index in [2.05, 4.69) is 6.92 Å². The summed E-state index contributed by atoms with van der Waals surface area (Å²) < 4.78 is 18.5. The Morgan fingerprint density at radius 1 is 1.29 bits per heavy atom. The lowest BCUT2D eigenvalue weighted by molar-refractivity contribution is -0.413. The van der Waals surface area contributed by atoms with Crippen molar-refractivity contribution in [2.45, 2.75) is 75.1 Å². The molecule has 0 spiro atoms. The van der Waals surface area contributed by atoms with Gasteiger partial charge in [-0.1, -0.05) is 6.92 Å². The smallest absolute Gasteiger partial charge is 0.306 e. The van der Waals surface area contributed by atoms with Gasteiger partial charge in [-0.15, -0.1) is 23.5 Å². The van der Waals surface area contributed by atoms with Gasteiger partial charge in [-0.2, -0.15) is 0 Å². The molecule has 4 bridgehead atoms. The topological polar surface area (TPSA) is 82.1 Å². The Labute approximate surface area is 191 Å². The van der Waals surface area contributed by atoms with Gasteiger partial charge in [-0.05, 0) is 48.8 Å². The molecule has 0 radical (unpaired) electrons. The van der Waals surface area contributed by atoms with Crippen molar-refractivity contribution in [2.75, 3.05) is 11.5 Å². The van der Waals surface area contributed by atoms with Crippen LogP contribution in [0.5, 0.6) is 0 Å². The highest BCUT2D eigenvalue weighted by atomic mass is 32.2. The molecule has 0 aromatic rings. The number of hydrogen-bond donors (Lipinski definition) is 1. The Kier molecular flexibility index (Phi) is 4.49. The van der Waals surface area contributed by atoms with Gasteiger partial charge in [0.1, 0.15) is 12.2 Å². The zero-order valence-corrected chi connectivity index (χ0v) is 19.8. The van der Waals surface area contributed by atoms with Crippen LogP contribution in [0.25, 0.3) is 0 Å². The first-order valence-electron chi connectivity index (χ1n) is 11.4. The summed E-state index contributed by atoms with van der Waals surface area (Å²) in [5.74, 6) is 0.505. The predicted molar refractivity (Wildman–Crippen MR) is 117 cm³/mol. The van der Waals surface area contributed by atoms with Gasteiger partial charge < -0.3 is 19.3 Å². The Morgan fingerprint density at radius 3 is 2.74 bits per heavy atom. The SMILES string of the molecule is CC(=O)O[C@@H]1C=C(C)[C@@H]2O[C@]3(O)C[C@H]1[C@@]2(C)[C@@H]1[C@H]2CC(=O)O[C@H]2C[C@@]13C1SCCCS1. The molecule has 31 heavy (non-hydrogen) atoms. The number of fused-ring (bicyclic) bond motifs is 1. The van der Waals surface area contributed by atoms with Crippen LogP contribution in [0.1, 0.15) is 46.5 Å². The molecule has 4 heterocycles. The van der Waals surface area contributed by atoms with E-state index in [4.69, 9.17) is 14.2 Å². The summed E-state index contributed by atoms with van der Waals surface area (Å²) in [5.41, 5.74) is 0.197. The second kappa shape index (κ2) is 6.67. The van der Waals surface area contributed by atoms with Gasteiger partial charge in [-0.25, -0.2) is 0 Å². The normalized spacial score (nSPS) is 52.9. The number of ether oxygens (including phenoxy) is 3. The van der Waals surface area contributed by atoms with E-state index in [0.29, 0.717) is 19.3 Å². The second-order valence-electron chi connectivity index (χ2n) is 10.5.